The first kappa shape index (κ1) is 29.2. The van der Waals surface area contributed by atoms with Crippen LogP contribution in [0.15, 0.2) is 91.0 Å². The maximum absolute atomic E-state index is 13.8. The second-order valence-electron chi connectivity index (χ2n) is 10.4. The van der Waals surface area contributed by atoms with E-state index in [2.05, 4.69) is 29.6 Å². The summed E-state index contributed by atoms with van der Waals surface area (Å²) < 4.78 is 13.2. The summed E-state index contributed by atoms with van der Waals surface area (Å²) in [6, 6.07) is 26.2. The number of halogens is 1. The third-order valence-electron chi connectivity index (χ3n) is 7.46. The Bertz CT molecular complexity index is 1210. The molecule has 6 nitrogen and oxygen atoms in total. The van der Waals surface area contributed by atoms with E-state index >= 15 is 0 Å². The Hall–Kier alpha value is -3.81. The van der Waals surface area contributed by atoms with Gasteiger partial charge in [0, 0.05) is 44.7 Å². The molecule has 1 heterocycles. The minimum Gasteiger partial charge on any atom is -0.341 e. The van der Waals surface area contributed by atoms with E-state index in [-0.39, 0.29) is 35.6 Å². The van der Waals surface area contributed by atoms with Gasteiger partial charge in [0.15, 0.2) is 0 Å². The van der Waals surface area contributed by atoms with Crippen LogP contribution in [-0.4, -0.2) is 66.9 Å². The van der Waals surface area contributed by atoms with E-state index in [0.29, 0.717) is 32.6 Å². The summed E-state index contributed by atoms with van der Waals surface area (Å²) in [6.07, 6.45) is 5.28. The van der Waals surface area contributed by atoms with Gasteiger partial charge in [0.2, 0.25) is 11.8 Å². The van der Waals surface area contributed by atoms with E-state index in [4.69, 9.17) is 5.73 Å². The van der Waals surface area contributed by atoms with Crippen LogP contribution in [0.2, 0.25) is 0 Å². The molecule has 3 aromatic rings. The van der Waals surface area contributed by atoms with Crippen LogP contribution in [-0.2, 0) is 9.59 Å². The van der Waals surface area contributed by atoms with Crippen molar-refractivity contribution in [2.24, 2.45) is 5.73 Å². The molecule has 1 saturated heterocycles. The van der Waals surface area contributed by atoms with Gasteiger partial charge in [0.1, 0.15) is 5.82 Å². The summed E-state index contributed by atoms with van der Waals surface area (Å²) in [5.74, 6) is -0.325. The lowest BCUT2D eigenvalue weighted by Gasteiger charge is -2.29. The summed E-state index contributed by atoms with van der Waals surface area (Å²) >= 11 is 0. The Balaban J connectivity index is 1.47. The van der Waals surface area contributed by atoms with Crippen molar-refractivity contribution < 1.29 is 14.0 Å². The lowest BCUT2D eigenvalue weighted by Crippen LogP contribution is -2.49. The number of likely N-dealkylation sites (N-methyl/N-ethyl adjacent to an activating group) is 1. The first-order valence-electron chi connectivity index (χ1n) is 14.0. The van der Waals surface area contributed by atoms with Gasteiger partial charge >= 0.3 is 0 Å². The average Bonchev–Trinajstić information content (AvgIpc) is 3.13. The van der Waals surface area contributed by atoms with Crippen molar-refractivity contribution in [1.29, 1.82) is 0 Å². The largest absolute Gasteiger partial charge is 0.341 e. The van der Waals surface area contributed by atoms with Gasteiger partial charge in [-0.15, -0.1) is 0 Å². The predicted octanol–water partition coefficient (Wildman–Crippen LogP) is 4.43. The number of carbonyl (C=O) groups is 2. The van der Waals surface area contributed by atoms with Crippen molar-refractivity contribution in [3.63, 3.8) is 0 Å². The monoisotopic (exact) mass is 542 g/mol. The van der Waals surface area contributed by atoms with Gasteiger partial charge in [-0.05, 0) is 60.7 Å². The highest BCUT2D eigenvalue weighted by Gasteiger charge is 2.33. The zero-order valence-corrected chi connectivity index (χ0v) is 23.1. The van der Waals surface area contributed by atoms with Crippen molar-refractivity contribution in [2.45, 2.75) is 37.3 Å². The van der Waals surface area contributed by atoms with E-state index in [1.54, 1.807) is 30.2 Å². The number of nitrogens with one attached hydrogen (secondary N) is 1. The molecule has 3 aromatic carbocycles. The summed E-state index contributed by atoms with van der Waals surface area (Å²) in [6.45, 7) is 2.15. The second-order valence-corrected chi connectivity index (χ2v) is 10.4. The van der Waals surface area contributed by atoms with E-state index in [9.17, 15) is 14.0 Å². The van der Waals surface area contributed by atoms with E-state index in [0.717, 1.165) is 18.4 Å². The number of hydrogen-bond donors (Lipinski definition) is 2. The molecule has 3 N–H and O–H groups in total. The normalized spacial score (nSPS) is 17.8. The van der Waals surface area contributed by atoms with Crippen LogP contribution >= 0.6 is 0 Å². The lowest BCUT2D eigenvalue weighted by molar-refractivity contribution is -0.133. The fourth-order valence-corrected chi connectivity index (χ4v) is 5.22. The molecule has 0 bridgehead atoms. The maximum Gasteiger partial charge on any atom is 0.246 e. The summed E-state index contributed by atoms with van der Waals surface area (Å²) in [5.41, 5.74) is 8.91. The number of carbonyl (C=O) groups excluding carboxylic acids is 2. The first-order chi connectivity index (χ1) is 19.4. The Kier molecular flexibility index (Phi) is 10.6. The topological polar surface area (TPSA) is 78.7 Å². The van der Waals surface area contributed by atoms with E-state index in [1.165, 1.54) is 29.3 Å². The van der Waals surface area contributed by atoms with Crippen molar-refractivity contribution in [3.05, 3.63) is 114 Å². The molecule has 0 radical (unpaired) electrons. The van der Waals surface area contributed by atoms with Gasteiger partial charge < -0.3 is 20.9 Å². The van der Waals surface area contributed by atoms with Crippen LogP contribution in [0, 0.1) is 5.82 Å². The quantitative estimate of drug-likeness (QED) is 0.352. The van der Waals surface area contributed by atoms with Crippen LogP contribution in [0.25, 0.3) is 6.08 Å². The Labute approximate surface area is 236 Å². The van der Waals surface area contributed by atoms with Gasteiger partial charge in [-0.3, -0.25) is 9.59 Å². The Morgan fingerprint density at radius 2 is 1.68 bits per heavy atom. The van der Waals surface area contributed by atoms with Crippen LogP contribution in [0.5, 0.6) is 0 Å². The van der Waals surface area contributed by atoms with Crippen LogP contribution in [0.1, 0.15) is 41.9 Å². The molecule has 210 valence electrons. The molecule has 2 atom stereocenters. The molecule has 0 saturated carbocycles. The number of hydrogen-bond acceptors (Lipinski definition) is 4. The molecule has 2 amide bonds. The van der Waals surface area contributed by atoms with Gasteiger partial charge in [0.05, 0.1) is 6.04 Å². The molecule has 40 heavy (non-hydrogen) atoms. The molecule has 4 rings (SSSR count). The average molecular weight is 543 g/mol. The molecule has 1 aliphatic heterocycles. The molecular weight excluding hydrogens is 503 g/mol. The van der Waals surface area contributed by atoms with Crippen molar-refractivity contribution in [2.75, 3.05) is 33.2 Å². The van der Waals surface area contributed by atoms with Crippen molar-refractivity contribution >= 4 is 17.9 Å². The van der Waals surface area contributed by atoms with Crippen molar-refractivity contribution in [1.82, 2.24) is 15.1 Å². The number of rotatable bonds is 11. The summed E-state index contributed by atoms with van der Waals surface area (Å²) in [4.78, 5) is 30.3. The zero-order valence-electron chi connectivity index (χ0n) is 23.1. The highest BCUT2D eigenvalue weighted by atomic mass is 19.1. The fourth-order valence-electron chi connectivity index (χ4n) is 5.22. The zero-order chi connectivity index (χ0) is 28.3. The Morgan fingerprint density at radius 3 is 2.27 bits per heavy atom. The van der Waals surface area contributed by atoms with Gasteiger partial charge in [0.25, 0.3) is 0 Å². The number of nitrogens with zero attached hydrogens (tertiary/aromatic N) is 2. The summed E-state index contributed by atoms with van der Waals surface area (Å²) in [5, 5.41) is 3.54. The van der Waals surface area contributed by atoms with E-state index < -0.39 is 0 Å². The third-order valence-corrected chi connectivity index (χ3v) is 7.46. The van der Waals surface area contributed by atoms with Gasteiger partial charge in [-0.1, -0.05) is 72.8 Å². The number of nitrogens with two attached hydrogens (primary N) is 1. The number of amides is 2. The Morgan fingerprint density at radius 1 is 1.05 bits per heavy atom. The molecule has 1 aliphatic rings. The van der Waals surface area contributed by atoms with Crippen LogP contribution in [0.4, 0.5) is 4.39 Å². The van der Waals surface area contributed by atoms with Crippen LogP contribution < -0.4 is 11.1 Å². The minimum atomic E-state index is -0.360. The first-order valence-corrected chi connectivity index (χ1v) is 14.0. The second kappa shape index (κ2) is 14.5. The predicted molar refractivity (Wildman–Crippen MR) is 158 cm³/mol. The standard InChI is InChI=1S/C33H39FN4O2/c1-37(32(39)19-16-25-14-17-28(34)18-15-25)23-29-20-22-38(33(40)31(36-29)13-8-21-35)24-30(26-9-4-2-5-10-26)27-11-6-3-7-12-27/h2-7,9-12,14-19,29-31,36H,8,13,20-24,35H2,1H3/b19-16+/t29-,31-/m0/s1. The number of benzene rings is 3. The molecule has 0 spiro atoms. The highest BCUT2D eigenvalue weighted by Crippen LogP contribution is 2.27. The highest BCUT2D eigenvalue weighted by molar-refractivity contribution is 5.91. The van der Waals surface area contributed by atoms with Gasteiger partial charge in [-0.2, -0.15) is 0 Å². The minimum absolute atomic E-state index is 0.0446. The third kappa shape index (κ3) is 8.10. The van der Waals surface area contributed by atoms with E-state index in [1.807, 2.05) is 41.3 Å². The summed E-state index contributed by atoms with van der Waals surface area (Å²) in [7, 11) is 1.76. The maximum atomic E-state index is 13.8. The fraction of sp³-hybridized carbons (Fsp3) is 0.333. The molecular formula is C33H39FN4O2. The molecule has 7 heteroatoms. The molecule has 1 fully saturated rings. The smallest absolute Gasteiger partial charge is 0.246 e. The molecule has 0 aliphatic carbocycles. The molecule has 0 aromatic heterocycles. The lowest BCUT2D eigenvalue weighted by atomic mass is 9.90. The molecule has 0 unspecified atom stereocenters. The SMILES string of the molecule is CN(C[C@@H]1CCN(CC(c2ccccc2)c2ccccc2)C(=O)[C@H](CCCN)N1)C(=O)/C=C/c1ccc(F)cc1. The van der Waals surface area contributed by atoms with Gasteiger partial charge in [-0.25, -0.2) is 4.39 Å². The van der Waals surface area contributed by atoms with Crippen LogP contribution in [0.3, 0.4) is 0 Å². The van der Waals surface area contributed by atoms with Crippen molar-refractivity contribution in [3.8, 4) is 0 Å².